The third kappa shape index (κ3) is 7.05. The van der Waals surface area contributed by atoms with Crippen molar-refractivity contribution < 1.29 is 64.2 Å². The van der Waals surface area contributed by atoms with E-state index in [0.29, 0.717) is 25.7 Å². The topological polar surface area (TPSA) is 197 Å². The summed E-state index contributed by atoms with van der Waals surface area (Å²) < 4.78 is 35.6. The summed E-state index contributed by atoms with van der Waals surface area (Å²) in [6, 6.07) is 0. The Morgan fingerprint density at radius 1 is 0.808 bits per heavy atom. The van der Waals surface area contributed by atoms with E-state index in [9.17, 15) is 35.7 Å². The largest absolute Gasteiger partial charge is 0.394 e. The molecule has 13 heteroatoms. The summed E-state index contributed by atoms with van der Waals surface area (Å²) in [5.41, 5.74) is -1.78. The molecule has 6 fully saturated rings. The average molecular weight is 745 g/mol. The molecule has 0 aromatic heterocycles. The Kier molecular flexibility index (Phi) is 12.5. The summed E-state index contributed by atoms with van der Waals surface area (Å²) >= 11 is 0. The Hall–Kier alpha value is -0.520. The van der Waals surface area contributed by atoms with E-state index >= 15 is 0 Å². The zero-order valence-corrected chi connectivity index (χ0v) is 32.3. The van der Waals surface area contributed by atoms with Crippen molar-refractivity contribution in [3.05, 3.63) is 0 Å². The molecule has 2 heterocycles. The summed E-state index contributed by atoms with van der Waals surface area (Å²) in [4.78, 5) is 0. The highest BCUT2D eigenvalue weighted by atomic mass is 16.8. The van der Waals surface area contributed by atoms with Gasteiger partial charge in [-0.1, -0.05) is 34.6 Å². The Labute approximate surface area is 309 Å². The highest BCUT2D eigenvalue weighted by molar-refractivity contribution is 5.20. The molecular weight excluding hydrogens is 676 g/mol. The molecule has 0 spiro atoms. The zero-order chi connectivity index (χ0) is 37.9. The van der Waals surface area contributed by atoms with E-state index in [0.717, 1.165) is 25.7 Å². The predicted molar refractivity (Wildman–Crippen MR) is 188 cm³/mol. The van der Waals surface area contributed by atoms with Crippen molar-refractivity contribution in [3.8, 4) is 0 Å². The van der Waals surface area contributed by atoms with Gasteiger partial charge in [0.1, 0.15) is 36.6 Å². The molecule has 302 valence electrons. The lowest BCUT2D eigenvalue weighted by molar-refractivity contribution is -0.313. The van der Waals surface area contributed by atoms with Crippen LogP contribution in [0.2, 0.25) is 0 Å². The van der Waals surface area contributed by atoms with Crippen molar-refractivity contribution in [1.29, 1.82) is 0 Å². The highest BCUT2D eigenvalue weighted by Crippen LogP contribution is 2.69. The van der Waals surface area contributed by atoms with E-state index in [1.807, 2.05) is 0 Å². The number of ether oxygens (including phenoxy) is 6. The van der Waals surface area contributed by atoms with E-state index in [1.165, 1.54) is 14.2 Å². The van der Waals surface area contributed by atoms with Crippen LogP contribution in [-0.4, -0.2) is 142 Å². The van der Waals surface area contributed by atoms with Gasteiger partial charge in [-0.05, 0) is 91.8 Å². The van der Waals surface area contributed by atoms with Crippen LogP contribution in [0.4, 0.5) is 0 Å². The van der Waals surface area contributed by atoms with Crippen molar-refractivity contribution in [2.45, 2.75) is 172 Å². The van der Waals surface area contributed by atoms with Crippen LogP contribution in [0.5, 0.6) is 0 Å². The maximum atomic E-state index is 12.7. The third-order valence-electron chi connectivity index (χ3n) is 15.1. The third-order valence-corrected chi connectivity index (χ3v) is 15.1. The maximum absolute atomic E-state index is 12.7. The first kappa shape index (κ1) is 41.1. The Bertz CT molecular complexity index is 1190. The number of methoxy groups -OCH3 is 2. The molecule has 6 rings (SSSR count). The Morgan fingerprint density at radius 3 is 2.15 bits per heavy atom. The summed E-state index contributed by atoms with van der Waals surface area (Å²) in [5, 5.41) is 77.8. The first-order valence-corrected chi connectivity index (χ1v) is 19.9. The van der Waals surface area contributed by atoms with E-state index in [2.05, 4.69) is 34.6 Å². The fourth-order valence-corrected chi connectivity index (χ4v) is 12.4. The van der Waals surface area contributed by atoms with Gasteiger partial charge in [-0.25, -0.2) is 0 Å². The standard InChI is InChI=1S/C39H68O13/c1-19(2)27(50-36-32(30(45)28(17-40)51-36)52-35-33(48-7)31(47-6)26(44)18-49-35)9-8-20(3)22-15-24(42)34-38(22,5)13-11-29-37(4)12-10-21(41)14-23(37)25(43)16-39(29,34)46/h19-36,40-46H,8-18H2,1-7H3/t20-,21+,22-,23-,24-,25+,26-,27+,28+,29-,30-,31+,32-,33-,34-,35+,36-,37+,38-,39+/m1/s1. The number of aliphatic hydroxyl groups is 7. The van der Waals surface area contributed by atoms with Crippen LogP contribution in [0.3, 0.4) is 0 Å². The minimum absolute atomic E-state index is 0.0373. The molecule has 2 aliphatic heterocycles. The monoisotopic (exact) mass is 744 g/mol. The fourth-order valence-electron chi connectivity index (χ4n) is 12.4. The Morgan fingerprint density at radius 2 is 1.50 bits per heavy atom. The summed E-state index contributed by atoms with van der Waals surface area (Å²) in [5.74, 6) is -0.0157. The van der Waals surface area contributed by atoms with Crippen LogP contribution in [0, 0.1) is 46.3 Å². The lowest BCUT2D eigenvalue weighted by Gasteiger charge is -2.66. The van der Waals surface area contributed by atoms with E-state index < -0.39 is 79.7 Å². The zero-order valence-electron chi connectivity index (χ0n) is 32.3. The predicted octanol–water partition coefficient (Wildman–Crippen LogP) is 1.73. The van der Waals surface area contributed by atoms with Gasteiger partial charge in [-0.3, -0.25) is 0 Å². The second-order valence-electron chi connectivity index (χ2n) is 18.2. The lowest BCUT2D eigenvalue weighted by atomic mass is 9.42. The molecule has 52 heavy (non-hydrogen) atoms. The molecule has 0 unspecified atom stereocenters. The van der Waals surface area contributed by atoms with Crippen LogP contribution >= 0.6 is 0 Å². The van der Waals surface area contributed by atoms with Crippen molar-refractivity contribution in [1.82, 2.24) is 0 Å². The second kappa shape index (κ2) is 15.8. The second-order valence-corrected chi connectivity index (χ2v) is 18.2. The van der Waals surface area contributed by atoms with Gasteiger partial charge in [-0.2, -0.15) is 0 Å². The molecule has 0 bridgehead atoms. The van der Waals surface area contributed by atoms with Crippen molar-refractivity contribution in [2.24, 2.45) is 46.3 Å². The molecule has 0 amide bonds. The molecule has 0 radical (unpaired) electrons. The summed E-state index contributed by atoms with van der Waals surface area (Å²) in [7, 11) is 2.93. The smallest absolute Gasteiger partial charge is 0.187 e. The number of hydrogen-bond donors (Lipinski definition) is 7. The van der Waals surface area contributed by atoms with Crippen LogP contribution in [0.1, 0.15) is 92.4 Å². The molecule has 20 atom stereocenters. The quantitative estimate of drug-likeness (QED) is 0.153. The molecule has 7 N–H and O–H groups in total. The number of fused-ring (bicyclic) bond motifs is 5. The minimum atomic E-state index is -1.21. The molecular formula is C39H68O13. The van der Waals surface area contributed by atoms with Gasteiger partial charge in [0.2, 0.25) is 0 Å². The SMILES string of the molecule is CO[C@@H]1[C@@H](OC)[C@H](O[C@H]2[C@H](O[C@@H](CC[C@@H](C)[C@H]3C[C@@H](O)[C@@H]4[C@]3(C)CC[C@@H]3[C@@]5(C)CC[C@H](O)C[C@@H]5[C@@H](O)C[C@]34O)C(C)C)O[C@@H](CO)[C@H]2O)OC[C@H]1O. The molecule has 6 aliphatic rings. The summed E-state index contributed by atoms with van der Waals surface area (Å²) in [6.07, 6.45) is -3.63. The van der Waals surface area contributed by atoms with Gasteiger partial charge in [0, 0.05) is 26.6 Å². The average Bonchev–Trinajstić information content (AvgIpc) is 3.55. The molecule has 0 aromatic rings. The Balaban J connectivity index is 1.13. The number of hydrogen-bond acceptors (Lipinski definition) is 13. The van der Waals surface area contributed by atoms with Crippen LogP contribution in [0.25, 0.3) is 0 Å². The van der Waals surface area contributed by atoms with Crippen molar-refractivity contribution in [3.63, 3.8) is 0 Å². The van der Waals surface area contributed by atoms with Gasteiger partial charge in [0.25, 0.3) is 0 Å². The van der Waals surface area contributed by atoms with Crippen LogP contribution in [0.15, 0.2) is 0 Å². The molecule has 2 saturated heterocycles. The van der Waals surface area contributed by atoms with Gasteiger partial charge in [-0.15, -0.1) is 0 Å². The number of rotatable bonds is 12. The van der Waals surface area contributed by atoms with E-state index in [1.54, 1.807) is 0 Å². The van der Waals surface area contributed by atoms with Gasteiger partial charge in [0.15, 0.2) is 12.6 Å². The normalized spacial score (nSPS) is 51.9. The first-order chi connectivity index (χ1) is 24.5. The van der Waals surface area contributed by atoms with Crippen LogP contribution < -0.4 is 0 Å². The lowest BCUT2D eigenvalue weighted by Crippen LogP contribution is -2.68. The summed E-state index contributed by atoms with van der Waals surface area (Å²) in [6.45, 7) is 10.3. The van der Waals surface area contributed by atoms with Crippen molar-refractivity contribution in [2.75, 3.05) is 27.4 Å². The molecule has 4 aliphatic carbocycles. The fraction of sp³-hybridized carbons (Fsp3) is 1.00. The van der Waals surface area contributed by atoms with Crippen LogP contribution in [-0.2, 0) is 28.4 Å². The molecule has 0 aromatic carbocycles. The van der Waals surface area contributed by atoms with Gasteiger partial charge >= 0.3 is 0 Å². The van der Waals surface area contributed by atoms with Gasteiger partial charge in [0.05, 0.1) is 43.2 Å². The van der Waals surface area contributed by atoms with E-state index in [4.69, 9.17) is 28.4 Å². The first-order valence-electron chi connectivity index (χ1n) is 19.9. The number of aliphatic hydroxyl groups excluding tert-OH is 6. The maximum Gasteiger partial charge on any atom is 0.187 e. The van der Waals surface area contributed by atoms with Crippen molar-refractivity contribution >= 4 is 0 Å². The molecule has 13 nitrogen and oxygen atoms in total. The highest BCUT2D eigenvalue weighted by Gasteiger charge is 2.70. The molecule has 4 saturated carbocycles. The minimum Gasteiger partial charge on any atom is -0.394 e. The van der Waals surface area contributed by atoms with Gasteiger partial charge < -0.3 is 64.2 Å². The van der Waals surface area contributed by atoms with E-state index in [-0.39, 0.29) is 65.5 Å².